The maximum Gasteiger partial charge on any atom is 0.339 e. The Kier molecular flexibility index (Phi) is 4.18. The molecule has 0 aliphatic rings. The van der Waals surface area contributed by atoms with E-state index in [-0.39, 0.29) is 0 Å². The Morgan fingerprint density at radius 2 is 2.33 bits per heavy atom. The maximum atomic E-state index is 11.4. The van der Waals surface area contributed by atoms with Gasteiger partial charge in [0.05, 0.1) is 24.3 Å². The molecule has 0 unspecified atom stereocenters. The van der Waals surface area contributed by atoms with Crippen LogP contribution in [0.15, 0.2) is 17.0 Å². The van der Waals surface area contributed by atoms with Crippen LogP contribution in [0.4, 0.5) is 0 Å². The van der Waals surface area contributed by atoms with Gasteiger partial charge < -0.3 is 4.74 Å². The lowest BCUT2D eigenvalue weighted by molar-refractivity contribution is 0.0596. The minimum atomic E-state index is -0.445. The highest BCUT2D eigenvalue weighted by atomic mass is 79.9. The van der Waals surface area contributed by atoms with E-state index in [1.54, 1.807) is 12.1 Å². The van der Waals surface area contributed by atoms with Crippen LogP contribution in [-0.4, -0.2) is 13.1 Å². The lowest BCUT2D eigenvalue weighted by Gasteiger charge is -2.08. The zero-order valence-electron chi connectivity index (χ0n) is 7.95. The third-order valence-electron chi connectivity index (χ3n) is 1.86. The second kappa shape index (κ2) is 5.19. The van der Waals surface area contributed by atoms with Gasteiger partial charge in [-0.2, -0.15) is 5.26 Å². The van der Waals surface area contributed by atoms with Crippen molar-refractivity contribution in [2.45, 2.75) is 10.2 Å². The summed E-state index contributed by atoms with van der Waals surface area (Å²) in [6.07, 6.45) is 0. The lowest BCUT2D eigenvalue weighted by atomic mass is 10.1. The number of nitriles is 1. The average molecular weight is 286 g/mol. The summed E-state index contributed by atoms with van der Waals surface area (Å²) in [6.45, 7) is 0. The Balaban J connectivity index is 3.39. The van der Waals surface area contributed by atoms with E-state index < -0.39 is 5.97 Å². The Labute approximate surface area is 102 Å². The van der Waals surface area contributed by atoms with Crippen LogP contribution in [0.3, 0.4) is 0 Å². The number of carbonyl (C=O) groups excluding carboxylic acids is 1. The Hall–Kier alpha value is -0.990. The van der Waals surface area contributed by atoms with Crippen LogP contribution in [0.1, 0.15) is 21.5 Å². The zero-order valence-corrected chi connectivity index (χ0v) is 10.4. The summed E-state index contributed by atoms with van der Waals surface area (Å²) in [4.78, 5) is 11.9. The van der Waals surface area contributed by atoms with Gasteiger partial charge in [-0.05, 0) is 17.7 Å². The zero-order chi connectivity index (χ0) is 11.4. The molecule has 0 bridgehead atoms. The van der Waals surface area contributed by atoms with Crippen molar-refractivity contribution in [3.63, 3.8) is 0 Å². The predicted octanol–water partition coefficient (Wildman–Crippen LogP) is 2.53. The molecule has 0 aliphatic heterocycles. The molecule has 0 spiro atoms. The average Bonchev–Trinajstić information content (AvgIpc) is 2.26. The smallest absolute Gasteiger partial charge is 0.339 e. The van der Waals surface area contributed by atoms with Gasteiger partial charge in [0, 0.05) is 10.2 Å². The molecule has 0 aliphatic carbocycles. The maximum absolute atomic E-state index is 11.4. The number of thiol groups is 1. The van der Waals surface area contributed by atoms with Gasteiger partial charge in [0.25, 0.3) is 0 Å². The minimum absolute atomic E-state index is 0.400. The Morgan fingerprint density at radius 1 is 1.67 bits per heavy atom. The van der Waals surface area contributed by atoms with Crippen molar-refractivity contribution in [3.05, 3.63) is 28.8 Å². The van der Waals surface area contributed by atoms with Gasteiger partial charge in [-0.15, -0.1) is 12.6 Å². The number of alkyl halides is 1. The molecule has 0 aromatic heterocycles. The quantitative estimate of drug-likeness (QED) is 0.516. The number of hydrogen-bond acceptors (Lipinski definition) is 4. The van der Waals surface area contributed by atoms with Crippen molar-refractivity contribution in [1.82, 2.24) is 0 Å². The van der Waals surface area contributed by atoms with Gasteiger partial charge >= 0.3 is 5.97 Å². The molecule has 0 heterocycles. The Bertz CT molecular complexity index is 440. The highest BCUT2D eigenvalue weighted by Gasteiger charge is 2.15. The fraction of sp³-hybridized carbons (Fsp3) is 0.200. The first-order valence-corrected chi connectivity index (χ1v) is 5.61. The molecule has 0 radical (unpaired) electrons. The molecule has 1 aromatic rings. The fourth-order valence-electron chi connectivity index (χ4n) is 1.19. The molecule has 0 saturated heterocycles. The SMILES string of the molecule is COC(=O)c1c(S)cc(C#N)cc1CBr. The van der Waals surface area contributed by atoms with Crippen molar-refractivity contribution in [2.75, 3.05) is 7.11 Å². The number of carbonyl (C=O) groups is 1. The number of benzene rings is 1. The van der Waals surface area contributed by atoms with Gasteiger partial charge in [-0.3, -0.25) is 0 Å². The monoisotopic (exact) mass is 285 g/mol. The first-order valence-electron chi connectivity index (χ1n) is 4.04. The topological polar surface area (TPSA) is 50.1 Å². The van der Waals surface area contributed by atoms with E-state index in [2.05, 4.69) is 33.3 Å². The molecule has 0 fully saturated rings. The predicted molar refractivity (Wildman–Crippen MR) is 62.4 cm³/mol. The molecule has 78 valence electrons. The van der Waals surface area contributed by atoms with E-state index in [1.165, 1.54) is 7.11 Å². The van der Waals surface area contributed by atoms with Crippen molar-refractivity contribution in [2.24, 2.45) is 0 Å². The van der Waals surface area contributed by atoms with Crippen LogP contribution in [0, 0.1) is 11.3 Å². The second-order valence-corrected chi connectivity index (χ2v) is 3.81. The van der Waals surface area contributed by atoms with E-state index in [0.717, 1.165) is 0 Å². The molecular weight excluding hydrogens is 278 g/mol. The molecule has 1 aromatic carbocycles. The van der Waals surface area contributed by atoms with Crippen LogP contribution in [0.5, 0.6) is 0 Å². The molecule has 0 N–H and O–H groups in total. The largest absolute Gasteiger partial charge is 0.465 e. The van der Waals surface area contributed by atoms with Gasteiger partial charge in [0.2, 0.25) is 0 Å². The van der Waals surface area contributed by atoms with Crippen molar-refractivity contribution in [1.29, 1.82) is 5.26 Å². The standard InChI is InChI=1S/C10H8BrNO2S/c1-14-10(13)9-7(4-11)2-6(5-12)3-8(9)15/h2-3,15H,4H2,1H3. The normalized spacial score (nSPS) is 9.47. The number of rotatable bonds is 2. The lowest BCUT2D eigenvalue weighted by Crippen LogP contribution is -2.06. The molecule has 5 heteroatoms. The van der Waals surface area contributed by atoms with E-state index in [0.29, 0.717) is 26.9 Å². The first-order chi connectivity index (χ1) is 7.13. The van der Waals surface area contributed by atoms with Crippen LogP contribution < -0.4 is 0 Å². The van der Waals surface area contributed by atoms with Crippen molar-refractivity contribution >= 4 is 34.5 Å². The van der Waals surface area contributed by atoms with Crippen LogP contribution >= 0.6 is 28.6 Å². The third-order valence-corrected chi connectivity index (χ3v) is 2.82. The summed E-state index contributed by atoms with van der Waals surface area (Å²) >= 11 is 7.42. The molecule has 1 rings (SSSR count). The summed E-state index contributed by atoms with van der Waals surface area (Å²) in [7, 11) is 1.31. The summed E-state index contributed by atoms with van der Waals surface area (Å²) in [6, 6.07) is 5.19. The molecule has 0 atom stereocenters. The van der Waals surface area contributed by atoms with Crippen molar-refractivity contribution < 1.29 is 9.53 Å². The number of ether oxygens (including phenoxy) is 1. The highest BCUT2D eigenvalue weighted by molar-refractivity contribution is 9.08. The van der Waals surface area contributed by atoms with Gasteiger partial charge in [0.1, 0.15) is 0 Å². The molecule has 0 amide bonds. The van der Waals surface area contributed by atoms with Gasteiger partial charge in [-0.1, -0.05) is 15.9 Å². The van der Waals surface area contributed by atoms with Gasteiger partial charge in [-0.25, -0.2) is 4.79 Å². The fourth-order valence-corrected chi connectivity index (χ4v) is 2.01. The number of nitrogens with zero attached hydrogens (tertiary/aromatic N) is 1. The first kappa shape index (κ1) is 12.1. The van der Waals surface area contributed by atoms with E-state index >= 15 is 0 Å². The molecule has 3 nitrogen and oxygen atoms in total. The molecular formula is C10H8BrNO2S. The van der Waals surface area contributed by atoms with Crippen LogP contribution in [-0.2, 0) is 10.1 Å². The molecule has 15 heavy (non-hydrogen) atoms. The van der Waals surface area contributed by atoms with Crippen molar-refractivity contribution in [3.8, 4) is 6.07 Å². The highest BCUT2D eigenvalue weighted by Crippen LogP contribution is 2.23. The number of halogens is 1. The van der Waals surface area contributed by atoms with E-state index in [1.807, 2.05) is 6.07 Å². The summed E-state index contributed by atoms with van der Waals surface area (Å²) in [5, 5.41) is 9.23. The van der Waals surface area contributed by atoms with E-state index in [4.69, 9.17) is 5.26 Å². The Morgan fingerprint density at radius 3 is 2.80 bits per heavy atom. The number of methoxy groups -OCH3 is 1. The second-order valence-electron chi connectivity index (χ2n) is 2.77. The third kappa shape index (κ3) is 2.52. The number of hydrogen-bond donors (Lipinski definition) is 1. The summed E-state index contributed by atoms with van der Waals surface area (Å²) in [5.41, 5.74) is 1.57. The minimum Gasteiger partial charge on any atom is -0.465 e. The molecule has 0 saturated carbocycles. The van der Waals surface area contributed by atoms with E-state index in [9.17, 15) is 4.79 Å². The van der Waals surface area contributed by atoms with Crippen LogP contribution in [0.2, 0.25) is 0 Å². The summed E-state index contributed by atoms with van der Waals surface area (Å²) < 4.78 is 4.64. The summed E-state index contributed by atoms with van der Waals surface area (Å²) in [5.74, 6) is -0.445. The van der Waals surface area contributed by atoms with Crippen LogP contribution in [0.25, 0.3) is 0 Å². The number of esters is 1. The van der Waals surface area contributed by atoms with Gasteiger partial charge in [0.15, 0.2) is 0 Å².